The van der Waals surface area contributed by atoms with Crippen LogP contribution < -0.4 is 58.5 Å². The van der Waals surface area contributed by atoms with Crippen molar-refractivity contribution in [2.24, 2.45) is 17.2 Å². The summed E-state index contributed by atoms with van der Waals surface area (Å²) in [5, 5.41) is 26.8. The summed E-state index contributed by atoms with van der Waals surface area (Å²) in [6.45, 7) is 21.0. The lowest BCUT2D eigenvalue weighted by Crippen LogP contribution is -2.49. The van der Waals surface area contributed by atoms with E-state index < -0.39 is 35.2 Å². The predicted octanol–water partition coefficient (Wildman–Crippen LogP) is 6.94. The Balaban J connectivity index is 0.000000179. The number of alkyl carbamates (subject to hydrolysis) is 2. The van der Waals surface area contributed by atoms with Crippen molar-refractivity contribution in [1.29, 1.82) is 5.26 Å². The summed E-state index contributed by atoms with van der Waals surface area (Å²) < 4.78 is 23.3. The van der Waals surface area contributed by atoms with Crippen LogP contribution in [0.2, 0.25) is 0 Å². The van der Waals surface area contributed by atoms with Gasteiger partial charge in [-0.3, -0.25) is 9.59 Å². The van der Waals surface area contributed by atoms with Gasteiger partial charge in [-0.25, -0.2) is 39.5 Å². The van der Waals surface area contributed by atoms with Crippen LogP contribution in [0.15, 0.2) is 36.8 Å². The lowest BCUT2D eigenvalue weighted by Gasteiger charge is -2.34. The van der Waals surface area contributed by atoms with Crippen molar-refractivity contribution in [3.63, 3.8) is 0 Å². The summed E-state index contributed by atoms with van der Waals surface area (Å²) in [6, 6.07) is 7.69. The average Bonchev–Trinajstić information content (AvgIpc) is 4.29. The molecule has 3 atom stereocenters. The molecule has 3 saturated heterocycles. The number of carbonyl (C=O) groups is 4. The van der Waals surface area contributed by atoms with Crippen molar-refractivity contribution < 1.29 is 28.7 Å². The maximum Gasteiger partial charge on any atom is 0.407 e. The third kappa shape index (κ3) is 18.4. The standard InChI is InChI=1S/C19H27N7O3S.C19H25N7O2S.C14H19N7OS/c1-11-8-14(30-25-11)24-17-15(16(20)27)21-9-13(23-17)26-7-5-6-12(10-26)22-18(28)29-19(2,3)4;1-12-8-16(29-25-12)24-17-14(9-20)21-10-15(23-17)26-7-5-6-13(11-26)22-18(27)28-19(2,3)4;1-8-5-11(23-20-8)19-14-12(13(16)22)17-6-10(18-14)21-4-2-3-9(15)7-21/h8-9,12H,5-7,10H2,1-4H3,(H2,20,27)(H,22,28)(H,23,24);8,10,13H,5-7,11H2,1-4H3,(H,22,27)(H,23,24);5-6,9H,2-4,7,15H2,1H3,(H2,16,22)(H,18,19). The molecular formula is C52H71N21O6S3. The van der Waals surface area contributed by atoms with Crippen molar-refractivity contribution in [3.8, 4) is 6.07 Å². The second kappa shape index (κ2) is 27.6. The largest absolute Gasteiger partial charge is 0.444 e. The van der Waals surface area contributed by atoms with Crippen molar-refractivity contribution in [1.82, 2.24) is 53.7 Å². The van der Waals surface area contributed by atoms with Gasteiger partial charge in [0.25, 0.3) is 11.8 Å². The van der Waals surface area contributed by atoms with E-state index in [-0.39, 0.29) is 41.0 Å². The number of aryl methyl sites for hydroxylation is 3. The maximum atomic E-state index is 12.1. The van der Waals surface area contributed by atoms with Gasteiger partial charge in [-0.05, 0) is 154 Å². The van der Waals surface area contributed by atoms with E-state index in [9.17, 15) is 24.4 Å². The second-order valence-corrected chi connectivity index (χ2v) is 24.1. The number of carbonyl (C=O) groups excluding carboxylic acids is 4. The highest BCUT2D eigenvalue weighted by Crippen LogP contribution is 2.29. The second-order valence-electron chi connectivity index (χ2n) is 21.7. The monoisotopic (exact) mass is 1180 g/mol. The van der Waals surface area contributed by atoms with Crippen LogP contribution in [-0.4, -0.2) is 136 Å². The fraction of sp³-hybridized carbons (Fsp3) is 0.500. The summed E-state index contributed by atoms with van der Waals surface area (Å²) in [4.78, 5) is 80.1. The van der Waals surface area contributed by atoms with Crippen molar-refractivity contribution >= 4 is 109 Å². The number of primary amides is 2. The SMILES string of the molecule is Cc1cc(Nc2nc(N3CCCC(N)C3)cnc2C(N)=O)sn1.Cc1cc(Nc2nc(N3CCCC(NC(=O)OC(C)(C)C)C3)cnc2C#N)sn1.Cc1cc(Nc2nc(N3CCCC(NC(=O)OC(C)(C)C)C3)cnc2C(N)=O)sn1. The Bertz CT molecular complexity index is 3220. The molecule has 0 spiro atoms. The van der Waals surface area contributed by atoms with E-state index in [2.05, 4.69) is 85.5 Å². The number of piperidine rings is 3. The molecule has 0 bridgehead atoms. The molecule has 0 radical (unpaired) electrons. The van der Waals surface area contributed by atoms with Gasteiger partial charge >= 0.3 is 12.2 Å². The highest BCUT2D eigenvalue weighted by molar-refractivity contribution is 7.10. The van der Waals surface area contributed by atoms with Gasteiger partial charge in [-0.15, -0.1) is 0 Å². The first-order valence-corrected chi connectivity index (χ1v) is 28.9. The molecule has 11 N–H and O–H groups in total. The number of nitrogens with two attached hydrogens (primary N) is 3. The number of nitriles is 1. The molecule has 27 nitrogen and oxygen atoms in total. The summed E-state index contributed by atoms with van der Waals surface area (Å²) in [7, 11) is 0. The fourth-order valence-corrected chi connectivity index (χ4v) is 10.7. The predicted molar refractivity (Wildman–Crippen MR) is 317 cm³/mol. The fourth-order valence-electron chi connectivity index (χ4n) is 8.69. The van der Waals surface area contributed by atoms with Crippen LogP contribution in [0, 0.1) is 32.1 Å². The first kappa shape index (κ1) is 61.5. The van der Waals surface area contributed by atoms with E-state index in [1.807, 2.05) is 85.4 Å². The molecule has 3 aliphatic heterocycles. The van der Waals surface area contributed by atoms with Gasteiger partial charge in [0.2, 0.25) is 0 Å². The van der Waals surface area contributed by atoms with Crippen LogP contribution in [0.1, 0.15) is 124 Å². The minimum atomic E-state index is -0.666. The normalized spacial score (nSPS) is 17.1. The lowest BCUT2D eigenvalue weighted by atomic mass is 10.1. The van der Waals surface area contributed by atoms with Gasteiger partial charge in [0.1, 0.15) is 49.7 Å². The smallest absolute Gasteiger partial charge is 0.407 e. The number of aromatic nitrogens is 9. The Labute approximate surface area is 488 Å². The van der Waals surface area contributed by atoms with Crippen LogP contribution in [0.4, 0.5) is 59.5 Å². The quantitative estimate of drug-likeness (QED) is 0.0580. The van der Waals surface area contributed by atoms with E-state index in [4.69, 9.17) is 26.7 Å². The van der Waals surface area contributed by atoms with Crippen LogP contribution in [-0.2, 0) is 9.47 Å². The van der Waals surface area contributed by atoms with Crippen LogP contribution in [0.5, 0.6) is 0 Å². The van der Waals surface area contributed by atoms with Gasteiger partial charge in [-0.1, -0.05) is 0 Å². The number of amides is 4. The first-order valence-electron chi connectivity index (χ1n) is 26.6. The van der Waals surface area contributed by atoms with Crippen molar-refractivity contribution in [2.75, 3.05) is 69.9 Å². The van der Waals surface area contributed by atoms with Gasteiger partial charge in [0.05, 0.1) is 35.7 Å². The summed E-state index contributed by atoms with van der Waals surface area (Å²) in [5.41, 5.74) is 18.8. The third-order valence-corrected chi connectivity index (χ3v) is 14.6. The topological polar surface area (TPSA) is 374 Å². The molecule has 30 heteroatoms. The molecule has 9 rings (SSSR count). The molecule has 3 unspecified atom stereocenters. The number of rotatable bonds is 13. The van der Waals surface area contributed by atoms with E-state index in [1.165, 1.54) is 40.8 Å². The maximum absolute atomic E-state index is 12.1. The molecule has 6 aromatic rings. The van der Waals surface area contributed by atoms with Gasteiger partial charge < -0.3 is 68.0 Å². The lowest BCUT2D eigenvalue weighted by molar-refractivity contribution is 0.0488. The molecule has 0 saturated carbocycles. The summed E-state index contributed by atoms with van der Waals surface area (Å²) in [6.07, 6.45) is 9.34. The number of nitrogens with one attached hydrogen (secondary N) is 5. The molecule has 3 fully saturated rings. The van der Waals surface area contributed by atoms with Gasteiger partial charge in [-0.2, -0.15) is 18.4 Å². The molecule has 0 aliphatic carbocycles. The van der Waals surface area contributed by atoms with Gasteiger partial charge in [0.15, 0.2) is 34.5 Å². The highest BCUT2D eigenvalue weighted by atomic mass is 32.1. The molecule has 6 aromatic heterocycles. The van der Waals surface area contributed by atoms with Crippen LogP contribution in [0.25, 0.3) is 0 Å². The average molecular weight is 1180 g/mol. The van der Waals surface area contributed by atoms with Crippen molar-refractivity contribution in [2.45, 2.75) is 130 Å². The van der Waals surface area contributed by atoms with E-state index >= 15 is 0 Å². The molecular weight excluding hydrogens is 1110 g/mol. The molecule has 82 heavy (non-hydrogen) atoms. The minimum Gasteiger partial charge on any atom is -0.444 e. The molecule has 3 aliphatic rings. The zero-order valence-corrected chi connectivity index (χ0v) is 49.9. The number of anilines is 9. The molecule has 438 valence electrons. The van der Waals surface area contributed by atoms with E-state index in [0.29, 0.717) is 42.2 Å². The zero-order valence-electron chi connectivity index (χ0n) is 47.4. The summed E-state index contributed by atoms with van der Waals surface area (Å²) >= 11 is 3.86. The molecule has 0 aromatic carbocycles. The zero-order chi connectivity index (χ0) is 59.3. The Hall–Kier alpha value is -8.14. The van der Waals surface area contributed by atoms with Gasteiger partial charge in [0, 0.05) is 57.4 Å². The summed E-state index contributed by atoms with van der Waals surface area (Å²) in [5.74, 6) is 1.68. The van der Waals surface area contributed by atoms with Crippen molar-refractivity contribution in [3.05, 3.63) is 71.0 Å². The highest BCUT2D eigenvalue weighted by Gasteiger charge is 2.29. The molecule has 9 heterocycles. The van der Waals surface area contributed by atoms with E-state index in [0.717, 1.165) is 96.8 Å². The number of nitrogens with zero attached hydrogens (tertiary/aromatic N) is 13. The number of ether oxygens (including phenoxy) is 2. The Morgan fingerprint density at radius 2 is 0.951 bits per heavy atom. The van der Waals surface area contributed by atoms with E-state index in [1.54, 1.807) is 12.4 Å². The van der Waals surface area contributed by atoms with Crippen LogP contribution >= 0.6 is 34.6 Å². The Morgan fingerprint density at radius 3 is 1.30 bits per heavy atom. The first-order chi connectivity index (χ1) is 38.9. The molecule has 4 amide bonds. The number of hydrogen-bond acceptors (Lipinski definition) is 26. The Kier molecular flexibility index (Phi) is 20.7. The Morgan fingerprint density at radius 1 is 0.585 bits per heavy atom. The van der Waals surface area contributed by atoms with Crippen LogP contribution in [0.3, 0.4) is 0 Å². The third-order valence-electron chi connectivity index (χ3n) is 12.2. The minimum absolute atomic E-state index is 0.0448. The number of hydrogen-bond donors (Lipinski definition) is 8.